The molecule has 0 bridgehead atoms. The summed E-state index contributed by atoms with van der Waals surface area (Å²) in [6.07, 6.45) is 7.43. The van der Waals surface area contributed by atoms with Crippen LogP contribution < -0.4 is 4.74 Å². The van der Waals surface area contributed by atoms with Crippen molar-refractivity contribution in [3.63, 3.8) is 0 Å². The van der Waals surface area contributed by atoms with E-state index in [0.29, 0.717) is 18.8 Å². The van der Waals surface area contributed by atoms with Crippen LogP contribution >= 0.6 is 0 Å². The molecule has 0 aliphatic carbocycles. The first-order valence-corrected chi connectivity index (χ1v) is 6.78. The SMILES string of the molecule is C=CCc1cc(C=Nc2cccnc2)cc(OCC)c1O. The molecule has 0 unspecified atom stereocenters. The summed E-state index contributed by atoms with van der Waals surface area (Å²) in [5.41, 5.74) is 2.40. The molecule has 0 amide bonds. The van der Waals surface area contributed by atoms with Crippen LogP contribution in [0.25, 0.3) is 0 Å². The monoisotopic (exact) mass is 282 g/mol. The van der Waals surface area contributed by atoms with Gasteiger partial charge in [-0.05, 0) is 43.2 Å². The molecular formula is C17H18N2O2. The van der Waals surface area contributed by atoms with E-state index in [4.69, 9.17) is 4.74 Å². The Morgan fingerprint density at radius 3 is 2.95 bits per heavy atom. The van der Waals surface area contributed by atoms with Crippen LogP contribution in [0.4, 0.5) is 5.69 Å². The third-order valence-corrected chi connectivity index (χ3v) is 2.85. The number of ether oxygens (including phenoxy) is 1. The van der Waals surface area contributed by atoms with Crippen molar-refractivity contribution in [1.82, 2.24) is 4.98 Å². The molecule has 4 heteroatoms. The van der Waals surface area contributed by atoms with Crippen LogP contribution in [0, 0.1) is 0 Å². The van der Waals surface area contributed by atoms with Gasteiger partial charge in [-0.1, -0.05) is 6.08 Å². The molecular weight excluding hydrogens is 264 g/mol. The number of aromatic nitrogens is 1. The van der Waals surface area contributed by atoms with Gasteiger partial charge in [0.2, 0.25) is 0 Å². The third kappa shape index (κ3) is 3.92. The topological polar surface area (TPSA) is 54.7 Å². The van der Waals surface area contributed by atoms with Crippen molar-refractivity contribution in [2.24, 2.45) is 4.99 Å². The molecule has 1 aromatic heterocycles. The van der Waals surface area contributed by atoms with Crippen molar-refractivity contribution in [3.8, 4) is 11.5 Å². The highest BCUT2D eigenvalue weighted by Crippen LogP contribution is 2.32. The number of nitrogens with zero attached hydrogens (tertiary/aromatic N) is 2. The minimum atomic E-state index is 0.162. The van der Waals surface area contributed by atoms with Crippen molar-refractivity contribution in [1.29, 1.82) is 0 Å². The first-order valence-electron chi connectivity index (χ1n) is 6.78. The summed E-state index contributed by atoms with van der Waals surface area (Å²) in [4.78, 5) is 8.37. The molecule has 2 aromatic rings. The van der Waals surface area contributed by atoms with E-state index in [-0.39, 0.29) is 5.75 Å². The second-order valence-corrected chi connectivity index (χ2v) is 4.42. The van der Waals surface area contributed by atoms with Crippen LogP contribution in [0.15, 0.2) is 54.3 Å². The Morgan fingerprint density at radius 1 is 1.43 bits per heavy atom. The summed E-state index contributed by atoms with van der Waals surface area (Å²) in [6.45, 7) is 6.07. The summed E-state index contributed by atoms with van der Waals surface area (Å²) in [6, 6.07) is 7.35. The summed E-state index contributed by atoms with van der Waals surface area (Å²) in [5, 5.41) is 10.1. The summed E-state index contributed by atoms with van der Waals surface area (Å²) in [7, 11) is 0. The van der Waals surface area contributed by atoms with E-state index >= 15 is 0 Å². The minimum Gasteiger partial charge on any atom is -0.504 e. The van der Waals surface area contributed by atoms with Crippen molar-refractivity contribution >= 4 is 11.9 Å². The average Bonchev–Trinajstić information content (AvgIpc) is 2.51. The van der Waals surface area contributed by atoms with Gasteiger partial charge in [0.05, 0.1) is 18.5 Å². The lowest BCUT2D eigenvalue weighted by Gasteiger charge is -2.10. The first-order chi connectivity index (χ1) is 10.2. The van der Waals surface area contributed by atoms with Crippen molar-refractivity contribution in [3.05, 3.63) is 60.4 Å². The van der Waals surface area contributed by atoms with Crippen molar-refractivity contribution in [2.75, 3.05) is 6.61 Å². The molecule has 0 aliphatic heterocycles. The minimum absolute atomic E-state index is 0.162. The van der Waals surface area contributed by atoms with Gasteiger partial charge in [-0.15, -0.1) is 6.58 Å². The number of hydrogen-bond donors (Lipinski definition) is 1. The predicted molar refractivity (Wildman–Crippen MR) is 84.7 cm³/mol. The Labute approximate surface area is 124 Å². The maximum Gasteiger partial charge on any atom is 0.161 e. The molecule has 0 fully saturated rings. The van der Waals surface area contributed by atoms with E-state index in [1.165, 1.54) is 0 Å². The van der Waals surface area contributed by atoms with Gasteiger partial charge in [0.25, 0.3) is 0 Å². The highest BCUT2D eigenvalue weighted by Gasteiger charge is 2.09. The zero-order chi connectivity index (χ0) is 15.1. The molecule has 108 valence electrons. The standard InChI is InChI=1S/C17H18N2O2/c1-3-6-14-9-13(10-16(17(14)20)21-4-2)11-19-15-7-5-8-18-12-15/h3,5,7-12,20H,1,4,6H2,2H3. The Bertz CT molecular complexity index is 637. The molecule has 1 heterocycles. The average molecular weight is 282 g/mol. The van der Waals surface area contributed by atoms with Crippen LogP contribution in [0.5, 0.6) is 11.5 Å². The molecule has 21 heavy (non-hydrogen) atoms. The van der Waals surface area contributed by atoms with Crippen LogP contribution in [0.2, 0.25) is 0 Å². The number of aromatic hydroxyl groups is 1. The molecule has 0 atom stereocenters. The van der Waals surface area contributed by atoms with Gasteiger partial charge in [-0.25, -0.2) is 0 Å². The fourth-order valence-corrected chi connectivity index (χ4v) is 1.92. The molecule has 1 aromatic carbocycles. The van der Waals surface area contributed by atoms with E-state index in [1.54, 1.807) is 30.8 Å². The molecule has 2 rings (SSSR count). The third-order valence-electron chi connectivity index (χ3n) is 2.85. The number of aliphatic imine (C=N–C) groups is 1. The van der Waals surface area contributed by atoms with Crippen LogP contribution in [-0.2, 0) is 6.42 Å². The quantitative estimate of drug-likeness (QED) is 0.649. The molecule has 0 saturated carbocycles. The smallest absolute Gasteiger partial charge is 0.161 e. The second kappa shape index (κ2) is 7.24. The lowest BCUT2D eigenvalue weighted by atomic mass is 10.1. The number of rotatable bonds is 6. The highest BCUT2D eigenvalue weighted by atomic mass is 16.5. The van der Waals surface area contributed by atoms with Crippen LogP contribution in [0.1, 0.15) is 18.1 Å². The van der Waals surface area contributed by atoms with E-state index in [1.807, 2.05) is 25.1 Å². The maximum absolute atomic E-state index is 10.1. The number of phenolic OH excluding ortho intramolecular Hbond substituents is 1. The number of pyridine rings is 1. The normalized spacial score (nSPS) is 10.7. The maximum atomic E-state index is 10.1. The Balaban J connectivity index is 2.34. The van der Waals surface area contributed by atoms with Crippen molar-refractivity contribution < 1.29 is 9.84 Å². The Morgan fingerprint density at radius 2 is 2.29 bits per heavy atom. The predicted octanol–water partition coefficient (Wildman–Crippen LogP) is 3.67. The van der Waals surface area contributed by atoms with Gasteiger partial charge in [0.1, 0.15) is 0 Å². The Kier molecular flexibility index (Phi) is 5.10. The second-order valence-electron chi connectivity index (χ2n) is 4.42. The molecule has 0 saturated heterocycles. The highest BCUT2D eigenvalue weighted by molar-refractivity contribution is 5.83. The van der Waals surface area contributed by atoms with E-state index < -0.39 is 0 Å². The molecule has 0 radical (unpaired) electrons. The van der Waals surface area contributed by atoms with Gasteiger partial charge in [-0.2, -0.15) is 0 Å². The number of hydrogen-bond acceptors (Lipinski definition) is 4. The lowest BCUT2D eigenvalue weighted by Crippen LogP contribution is -1.96. The van der Waals surface area contributed by atoms with Crippen molar-refractivity contribution in [2.45, 2.75) is 13.3 Å². The van der Waals surface area contributed by atoms with E-state index in [0.717, 1.165) is 16.8 Å². The van der Waals surface area contributed by atoms with E-state index in [2.05, 4.69) is 16.6 Å². The van der Waals surface area contributed by atoms with Crippen LogP contribution in [-0.4, -0.2) is 22.9 Å². The van der Waals surface area contributed by atoms with Gasteiger partial charge in [0, 0.05) is 18.0 Å². The van der Waals surface area contributed by atoms with E-state index in [9.17, 15) is 5.11 Å². The fourth-order valence-electron chi connectivity index (χ4n) is 1.92. The summed E-state index contributed by atoms with van der Waals surface area (Å²) < 4.78 is 5.46. The lowest BCUT2D eigenvalue weighted by molar-refractivity contribution is 0.317. The van der Waals surface area contributed by atoms with Gasteiger partial charge in [0.15, 0.2) is 11.5 Å². The summed E-state index contributed by atoms with van der Waals surface area (Å²) in [5.74, 6) is 0.625. The fraction of sp³-hybridized carbons (Fsp3) is 0.176. The number of benzene rings is 1. The number of allylic oxidation sites excluding steroid dienone is 1. The number of phenols is 1. The largest absolute Gasteiger partial charge is 0.504 e. The molecule has 0 spiro atoms. The van der Waals surface area contributed by atoms with Gasteiger partial charge in [-0.3, -0.25) is 9.98 Å². The van der Waals surface area contributed by atoms with Gasteiger partial charge < -0.3 is 9.84 Å². The zero-order valence-electron chi connectivity index (χ0n) is 12.0. The summed E-state index contributed by atoms with van der Waals surface area (Å²) >= 11 is 0. The van der Waals surface area contributed by atoms with Gasteiger partial charge >= 0.3 is 0 Å². The first kappa shape index (κ1) is 14.8. The Hall–Kier alpha value is -2.62. The molecule has 4 nitrogen and oxygen atoms in total. The zero-order valence-corrected chi connectivity index (χ0v) is 12.0. The van der Waals surface area contributed by atoms with Crippen LogP contribution in [0.3, 0.4) is 0 Å². The molecule has 1 N–H and O–H groups in total. The molecule has 0 aliphatic rings.